The van der Waals surface area contributed by atoms with E-state index >= 15 is 0 Å². The summed E-state index contributed by atoms with van der Waals surface area (Å²) in [5.74, 6) is -1.55. The second-order valence-corrected chi connectivity index (χ2v) is 9.43. The summed E-state index contributed by atoms with van der Waals surface area (Å²) in [7, 11) is 0. The molecule has 0 bridgehead atoms. The van der Waals surface area contributed by atoms with Crippen LogP contribution in [-0.2, 0) is 20.6 Å². The molecule has 0 aliphatic carbocycles. The highest BCUT2D eigenvalue weighted by atomic mass is 35.5. The molecule has 2 aromatic carbocycles. The molecule has 1 unspecified atom stereocenters. The third-order valence-corrected chi connectivity index (χ3v) is 6.88. The van der Waals surface area contributed by atoms with E-state index in [0.717, 1.165) is 29.4 Å². The number of amides is 3. The second kappa shape index (κ2) is 9.89. The number of carbonyl (C=O) groups is 3. The average molecular weight is 508 g/mol. The van der Waals surface area contributed by atoms with Gasteiger partial charge in [0, 0.05) is 37.7 Å². The van der Waals surface area contributed by atoms with Crippen molar-refractivity contribution >= 4 is 40.7 Å². The van der Waals surface area contributed by atoms with Gasteiger partial charge in [0.1, 0.15) is 0 Å². The van der Waals surface area contributed by atoms with Crippen LogP contribution in [0.3, 0.4) is 0 Å². The number of likely N-dealkylation sites (tertiary alicyclic amines) is 1. The van der Waals surface area contributed by atoms with Crippen LogP contribution in [0.4, 0.5) is 24.5 Å². The molecule has 4 rings (SSSR count). The molecule has 2 aliphatic rings. The lowest BCUT2D eigenvalue weighted by atomic mass is 9.94. The summed E-state index contributed by atoms with van der Waals surface area (Å²) >= 11 is 5.98. The standard InChI is InChI=1S/C25H25ClF3N3O3/c1-15-2-5-19(6-3-15)32-14-17(12-22(32)33)24(35)31-10-8-16(9-11-31)23(34)30-21-13-18(25(27,28)29)4-7-20(21)26/h2-7,13,16-17H,8-12,14H2,1H3,(H,30,34). The van der Waals surface area contributed by atoms with E-state index in [2.05, 4.69) is 5.32 Å². The molecule has 186 valence electrons. The lowest BCUT2D eigenvalue weighted by Crippen LogP contribution is -2.44. The summed E-state index contributed by atoms with van der Waals surface area (Å²) in [6.45, 7) is 2.94. The molecular formula is C25H25ClF3N3O3. The number of hydrogen-bond acceptors (Lipinski definition) is 3. The predicted molar refractivity (Wildman–Crippen MR) is 126 cm³/mol. The summed E-state index contributed by atoms with van der Waals surface area (Å²) < 4.78 is 38.9. The van der Waals surface area contributed by atoms with Gasteiger partial charge in [0.05, 0.1) is 22.2 Å². The van der Waals surface area contributed by atoms with Crippen LogP contribution in [-0.4, -0.2) is 42.3 Å². The quantitative estimate of drug-likeness (QED) is 0.640. The van der Waals surface area contributed by atoms with Crippen LogP contribution >= 0.6 is 11.6 Å². The maximum absolute atomic E-state index is 13.0. The molecule has 3 amide bonds. The Kier molecular flexibility index (Phi) is 7.07. The van der Waals surface area contributed by atoms with Crippen molar-refractivity contribution in [3.8, 4) is 0 Å². The van der Waals surface area contributed by atoms with Crippen LogP contribution in [0.1, 0.15) is 30.4 Å². The van der Waals surface area contributed by atoms with Crippen molar-refractivity contribution in [1.82, 2.24) is 4.90 Å². The van der Waals surface area contributed by atoms with Crippen LogP contribution in [0.5, 0.6) is 0 Å². The van der Waals surface area contributed by atoms with E-state index in [1.54, 1.807) is 9.80 Å². The maximum atomic E-state index is 13.0. The van der Waals surface area contributed by atoms with E-state index < -0.39 is 29.5 Å². The summed E-state index contributed by atoms with van der Waals surface area (Å²) in [5.41, 5.74) is 0.851. The SMILES string of the molecule is Cc1ccc(N2CC(C(=O)N3CCC(C(=O)Nc4cc(C(F)(F)F)ccc4Cl)CC3)CC2=O)cc1. The first-order valence-corrected chi connectivity index (χ1v) is 11.7. The average Bonchev–Trinajstić information content (AvgIpc) is 3.21. The van der Waals surface area contributed by atoms with Crippen LogP contribution in [0, 0.1) is 18.8 Å². The first-order chi connectivity index (χ1) is 16.5. The van der Waals surface area contributed by atoms with Crippen LogP contribution in [0.2, 0.25) is 5.02 Å². The number of nitrogens with one attached hydrogen (secondary N) is 1. The molecule has 1 atom stereocenters. The molecule has 1 N–H and O–H groups in total. The fourth-order valence-corrected chi connectivity index (χ4v) is 4.66. The number of halogens is 4. The molecule has 0 saturated carbocycles. The molecule has 0 radical (unpaired) electrons. The van der Waals surface area contributed by atoms with Crippen molar-refractivity contribution < 1.29 is 27.6 Å². The van der Waals surface area contributed by atoms with E-state index in [1.165, 1.54) is 0 Å². The minimum atomic E-state index is -4.55. The number of anilines is 2. The second-order valence-electron chi connectivity index (χ2n) is 9.02. The van der Waals surface area contributed by atoms with Gasteiger partial charge in [0.2, 0.25) is 17.7 Å². The number of carbonyl (C=O) groups excluding carboxylic acids is 3. The van der Waals surface area contributed by atoms with Gasteiger partial charge in [-0.2, -0.15) is 13.2 Å². The largest absolute Gasteiger partial charge is 0.416 e. The minimum absolute atomic E-state index is 0.0167. The predicted octanol–water partition coefficient (Wildman–Crippen LogP) is 4.90. The summed E-state index contributed by atoms with van der Waals surface area (Å²) in [5, 5.41) is 2.52. The first-order valence-electron chi connectivity index (χ1n) is 11.4. The van der Waals surface area contributed by atoms with Gasteiger partial charge in [-0.25, -0.2) is 0 Å². The summed E-state index contributed by atoms with van der Waals surface area (Å²) in [4.78, 5) is 41.5. The normalized spacial score (nSPS) is 19.2. The Balaban J connectivity index is 1.32. The number of alkyl halides is 3. The van der Waals surface area contributed by atoms with Crippen molar-refractivity contribution in [2.24, 2.45) is 11.8 Å². The Hall–Kier alpha value is -3.07. The molecule has 2 aromatic rings. The third-order valence-electron chi connectivity index (χ3n) is 6.55. The van der Waals surface area contributed by atoms with Gasteiger partial charge in [0.15, 0.2) is 0 Å². The van der Waals surface area contributed by atoms with E-state index in [-0.39, 0.29) is 28.9 Å². The van der Waals surface area contributed by atoms with E-state index in [1.807, 2.05) is 31.2 Å². The van der Waals surface area contributed by atoms with Crippen LogP contribution in [0.25, 0.3) is 0 Å². The van der Waals surface area contributed by atoms with E-state index in [9.17, 15) is 27.6 Å². The first kappa shape index (κ1) is 25.0. The topological polar surface area (TPSA) is 69.7 Å². The van der Waals surface area contributed by atoms with Gasteiger partial charge in [-0.05, 0) is 50.1 Å². The zero-order valence-corrected chi connectivity index (χ0v) is 19.8. The highest BCUT2D eigenvalue weighted by molar-refractivity contribution is 6.33. The van der Waals surface area contributed by atoms with Gasteiger partial charge in [-0.1, -0.05) is 29.3 Å². The highest BCUT2D eigenvalue weighted by Gasteiger charge is 2.39. The Morgan fingerprint density at radius 3 is 2.31 bits per heavy atom. The Bertz CT molecular complexity index is 1130. The molecule has 10 heteroatoms. The Morgan fingerprint density at radius 2 is 1.69 bits per heavy atom. The Morgan fingerprint density at radius 1 is 1.03 bits per heavy atom. The lowest BCUT2D eigenvalue weighted by Gasteiger charge is -2.33. The fraction of sp³-hybridized carbons (Fsp3) is 0.400. The molecular weight excluding hydrogens is 483 g/mol. The molecule has 35 heavy (non-hydrogen) atoms. The molecule has 0 spiro atoms. The highest BCUT2D eigenvalue weighted by Crippen LogP contribution is 2.34. The van der Waals surface area contributed by atoms with Gasteiger partial charge in [0.25, 0.3) is 0 Å². The van der Waals surface area contributed by atoms with Crippen molar-refractivity contribution in [1.29, 1.82) is 0 Å². The number of benzene rings is 2. The molecule has 2 heterocycles. The summed E-state index contributed by atoms with van der Waals surface area (Å²) in [6, 6.07) is 10.3. The molecule has 2 saturated heterocycles. The molecule has 2 fully saturated rings. The number of nitrogens with zero attached hydrogens (tertiary/aromatic N) is 2. The zero-order chi connectivity index (χ0) is 25.3. The lowest BCUT2D eigenvalue weighted by molar-refractivity contribution is -0.138. The van der Waals surface area contributed by atoms with Gasteiger partial charge in [-0.15, -0.1) is 0 Å². The molecule has 2 aliphatic heterocycles. The summed E-state index contributed by atoms with van der Waals surface area (Å²) in [6.07, 6.45) is -3.67. The number of hydrogen-bond donors (Lipinski definition) is 1. The fourth-order valence-electron chi connectivity index (χ4n) is 4.50. The van der Waals surface area contributed by atoms with Crippen molar-refractivity contribution in [3.05, 3.63) is 58.6 Å². The maximum Gasteiger partial charge on any atom is 0.416 e. The minimum Gasteiger partial charge on any atom is -0.342 e. The zero-order valence-electron chi connectivity index (χ0n) is 19.1. The smallest absolute Gasteiger partial charge is 0.342 e. The van der Waals surface area contributed by atoms with E-state index in [0.29, 0.717) is 32.5 Å². The number of rotatable bonds is 4. The van der Waals surface area contributed by atoms with Gasteiger partial charge >= 0.3 is 6.18 Å². The monoisotopic (exact) mass is 507 g/mol. The van der Waals surface area contributed by atoms with Gasteiger partial charge in [-0.3, -0.25) is 14.4 Å². The van der Waals surface area contributed by atoms with Crippen LogP contribution < -0.4 is 10.2 Å². The van der Waals surface area contributed by atoms with E-state index in [4.69, 9.17) is 11.6 Å². The van der Waals surface area contributed by atoms with Gasteiger partial charge < -0.3 is 15.1 Å². The van der Waals surface area contributed by atoms with Crippen LogP contribution in [0.15, 0.2) is 42.5 Å². The van der Waals surface area contributed by atoms with Crippen molar-refractivity contribution in [3.63, 3.8) is 0 Å². The van der Waals surface area contributed by atoms with Crippen molar-refractivity contribution in [2.45, 2.75) is 32.4 Å². The molecule has 0 aromatic heterocycles. The Labute approximate surface area is 206 Å². The third kappa shape index (κ3) is 5.61. The molecule has 6 nitrogen and oxygen atoms in total. The number of piperidine rings is 1. The number of aryl methyl sites for hydroxylation is 1. The van der Waals surface area contributed by atoms with Crippen molar-refractivity contribution in [2.75, 3.05) is 29.9 Å².